The van der Waals surface area contributed by atoms with Crippen LogP contribution in [0.3, 0.4) is 0 Å². The van der Waals surface area contributed by atoms with Crippen LogP contribution < -0.4 is 5.73 Å². The van der Waals surface area contributed by atoms with Crippen LogP contribution in [0, 0.1) is 5.92 Å². The Balaban J connectivity index is 1.35. The Bertz CT molecular complexity index is 1220. The van der Waals surface area contributed by atoms with E-state index in [9.17, 15) is 9.59 Å². The molecule has 0 spiro atoms. The van der Waals surface area contributed by atoms with Gasteiger partial charge in [-0.1, -0.05) is 74.5 Å². The highest BCUT2D eigenvalue weighted by atomic mass is 16.2. The van der Waals surface area contributed by atoms with Gasteiger partial charge in [-0.2, -0.15) is 0 Å². The number of benzene rings is 2. The van der Waals surface area contributed by atoms with E-state index in [2.05, 4.69) is 32.1 Å². The first-order chi connectivity index (χ1) is 16.9. The van der Waals surface area contributed by atoms with E-state index in [1.165, 1.54) is 11.1 Å². The third kappa shape index (κ3) is 4.29. The molecule has 0 bridgehead atoms. The molecule has 2 aliphatic heterocycles. The highest BCUT2D eigenvalue weighted by Crippen LogP contribution is 2.39. The van der Waals surface area contributed by atoms with Crippen LogP contribution >= 0.6 is 0 Å². The highest BCUT2D eigenvalue weighted by molar-refractivity contribution is 6.07. The first-order valence-electron chi connectivity index (χ1n) is 12.4. The molecule has 1 unspecified atom stereocenters. The van der Waals surface area contributed by atoms with Crippen LogP contribution in [0.15, 0.2) is 82.9 Å². The Kier molecular flexibility index (Phi) is 6.05. The van der Waals surface area contributed by atoms with E-state index in [4.69, 9.17) is 10.7 Å². The number of guanidine groups is 1. The average molecular weight is 469 g/mol. The van der Waals surface area contributed by atoms with Crippen molar-refractivity contribution in [2.75, 3.05) is 6.54 Å². The first kappa shape index (κ1) is 23.1. The third-order valence-electron chi connectivity index (χ3n) is 7.06. The van der Waals surface area contributed by atoms with Gasteiger partial charge in [0.15, 0.2) is 11.5 Å². The summed E-state index contributed by atoms with van der Waals surface area (Å²) in [5, 5.41) is 0. The lowest BCUT2D eigenvalue weighted by atomic mass is 9.82. The van der Waals surface area contributed by atoms with Crippen LogP contribution in [0.25, 0.3) is 0 Å². The number of aliphatic imine (C=N–C) groups is 1. The van der Waals surface area contributed by atoms with Crippen molar-refractivity contribution in [1.29, 1.82) is 0 Å². The molecule has 180 valence electrons. The Morgan fingerprint density at radius 3 is 2.37 bits per heavy atom. The van der Waals surface area contributed by atoms with Gasteiger partial charge in [0.25, 0.3) is 5.91 Å². The minimum Gasteiger partial charge on any atom is -0.369 e. The second-order valence-corrected chi connectivity index (χ2v) is 10.1. The van der Waals surface area contributed by atoms with Gasteiger partial charge in [0, 0.05) is 18.7 Å². The number of carbonyl (C=O) groups excluding carboxylic acids is 2. The molecule has 0 saturated heterocycles. The van der Waals surface area contributed by atoms with Crippen LogP contribution in [-0.4, -0.2) is 34.1 Å². The third-order valence-corrected chi connectivity index (χ3v) is 7.06. The maximum atomic E-state index is 13.8. The van der Waals surface area contributed by atoms with Gasteiger partial charge in [0.2, 0.25) is 5.91 Å². The van der Waals surface area contributed by atoms with Crippen LogP contribution in [0.5, 0.6) is 0 Å². The van der Waals surface area contributed by atoms with Crippen molar-refractivity contribution < 1.29 is 9.59 Å². The quantitative estimate of drug-likeness (QED) is 0.688. The van der Waals surface area contributed by atoms with Crippen molar-refractivity contribution in [3.63, 3.8) is 0 Å². The highest BCUT2D eigenvalue weighted by Gasteiger charge is 2.49. The minimum absolute atomic E-state index is 0.0691. The van der Waals surface area contributed by atoms with Crippen molar-refractivity contribution in [2.24, 2.45) is 16.6 Å². The molecular weight excluding hydrogens is 436 g/mol. The molecule has 6 heteroatoms. The second kappa shape index (κ2) is 9.17. The van der Waals surface area contributed by atoms with Gasteiger partial charge >= 0.3 is 0 Å². The summed E-state index contributed by atoms with van der Waals surface area (Å²) in [6.45, 7) is 5.78. The molecule has 0 radical (unpaired) electrons. The number of nitrogens with two attached hydrogens (primary N) is 1. The topological polar surface area (TPSA) is 79.0 Å². The first-order valence-corrected chi connectivity index (χ1v) is 12.4. The molecule has 3 aliphatic rings. The van der Waals surface area contributed by atoms with E-state index in [-0.39, 0.29) is 23.7 Å². The molecule has 0 aromatic heterocycles. The smallest absolute Gasteiger partial charge is 0.262 e. The molecule has 0 fully saturated rings. The number of amides is 2. The van der Waals surface area contributed by atoms with Crippen molar-refractivity contribution >= 4 is 17.8 Å². The van der Waals surface area contributed by atoms with Gasteiger partial charge in [-0.25, -0.2) is 4.99 Å². The fraction of sp³-hybridized carbons (Fsp3) is 0.345. The van der Waals surface area contributed by atoms with Crippen LogP contribution in [0.2, 0.25) is 0 Å². The summed E-state index contributed by atoms with van der Waals surface area (Å²) in [5.41, 5.74) is 10.3. The number of allylic oxidation sites excluding steroid dienone is 1. The Labute approximate surface area is 206 Å². The summed E-state index contributed by atoms with van der Waals surface area (Å²) in [7, 11) is 0. The fourth-order valence-corrected chi connectivity index (χ4v) is 5.44. The minimum atomic E-state index is -1.00. The van der Waals surface area contributed by atoms with E-state index in [1.807, 2.05) is 53.4 Å². The summed E-state index contributed by atoms with van der Waals surface area (Å²) in [5.74, 6) is 0.470. The number of hydrogen-bond donors (Lipinski definition) is 1. The lowest BCUT2D eigenvalue weighted by Gasteiger charge is -2.28. The Morgan fingerprint density at radius 1 is 1.06 bits per heavy atom. The molecule has 2 aromatic rings. The molecule has 35 heavy (non-hydrogen) atoms. The van der Waals surface area contributed by atoms with Crippen molar-refractivity contribution in [3.8, 4) is 0 Å². The van der Waals surface area contributed by atoms with Crippen molar-refractivity contribution in [1.82, 2.24) is 9.80 Å². The second-order valence-electron chi connectivity index (χ2n) is 10.1. The van der Waals surface area contributed by atoms with E-state index in [0.29, 0.717) is 32.5 Å². The summed E-state index contributed by atoms with van der Waals surface area (Å²) in [6.07, 6.45) is 6.10. The van der Waals surface area contributed by atoms with Gasteiger partial charge in [-0.3, -0.25) is 14.5 Å². The zero-order chi connectivity index (χ0) is 24.6. The van der Waals surface area contributed by atoms with Crippen molar-refractivity contribution in [3.05, 3.63) is 94.6 Å². The normalized spacial score (nSPS) is 21.7. The van der Waals surface area contributed by atoms with Crippen LogP contribution in [0.1, 0.15) is 49.8 Å². The molecule has 2 N–H and O–H groups in total. The van der Waals surface area contributed by atoms with Crippen molar-refractivity contribution in [2.45, 2.75) is 51.7 Å². The standard InChI is InChI=1S/C29H32N4O2/c1-20(2)16-29(25-13-4-3-5-14-25)27(35)33(28(30)31-29)17-21-9-8-12-22(15-21)26(34)32-18-23-10-6-7-11-24(23)19-32/h3-7,9-11,13-15,20H,8,12,16-19H2,1-2H3,(H2,30,31). The maximum absolute atomic E-state index is 13.8. The molecular formula is C29H32N4O2. The molecule has 2 amide bonds. The zero-order valence-electron chi connectivity index (χ0n) is 20.4. The van der Waals surface area contributed by atoms with E-state index < -0.39 is 5.54 Å². The molecule has 1 aliphatic carbocycles. The predicted molar refractivity (Wildman–Crippen MR) is 137 cm³/mol. The van der Waals surface area contributed by atoms with E-state index in [1.54, 1.807) is 4.90 Å². The predicted octanol–water partition coefficient (Wildman–Crippen LogP) is 4.27. The van der Waals surface area contributed by atoms with E-state index >= 15 is 0 Å². The number of hydrogen-bond acceptors (Lipinski definition) is 4. The lowest BCUT2D eigenvalue weighted by molar-refractivity contribution is -0.131. The number of nitrogens with zero attached hydrogens (tertiary/aromatic N) is 3. The van der Waals surface area contributed by atoms with Gasteiger partial charge in [-0.15, -0.1) is 0 Å². The van der Waals surface area contributed by atoms with Gasteiger partial charge < -0.3 is 10.6 Å². The molecule has 1 atom stereocenters. The summed E-state index contributed by atoms with van der Waals surface area (Å²) in [6, 6.07) is 17.9. The number of carbonyl (C=O) groups is 2. The average Bonchev–Trinajstić information content (AvgIpc) is 3.39. The Hall–Kier alpha value is -3.67. The largest absolute Gasteiger partial charge is 0.369 e. The molecule has 5 rings (SSSR count). The summed E-state index contributed by atoms with van der Waals surface area (Å²) < 4.78 is 0. The summed E-state index contributed by atoms with van der Waals surface area (Å²) in [4.78, 5) is 35.3. The van der Waals surface area contributed by atoms with Crippen LogP contribution in [0.4, 0.5) is 0 Å². The molecule has 6 nitrogen and oxygen atoms in total. The Morgan fingerprint density at radius 2 is 1.71 bits per heavy atom. The monoisotopic (exact) mass is 468 g/mol. The molecule has 2 aromatic carbocycles. The summed E-state index contributed by atoms with van der Waals surface area (Å²) >= 11 is 0. The SMILES string of the molecule is CC(C)CC1(c2ccccc2)N=C(N)N(CC2=CCCC(C(=O)N3Cc4ccccc4C3)=C2)C1=O. The van der Waals surface area contributed by atoms with Gasteiger partial charge in [0.05, 0.1) is 6.54 Å². The number of rotatable bonds is 6. The lowest BCUT2D eigenvalue weighted by Crippen LogP contribution is -2.44. The number of fused-ring (bicyclic) bond motifs is 1. The van der Waals surface area contributed by atoms with Gasteiger partial charge in [0.1, 0.15) is 0 Å². The molecule has 2 heterocycles. The fourth-order valence-electron chi connectivity index (χ4n) is 5.44. The zero-order valence-corrected chi connectivity index (χ0v) is 20.4. The van der Waals surface area contributed by atoms with Crippen LogP contribution in [-0.2, 0) is 28.2 Å². The molecule has 0 saturated carbocycles. The maximum Gasteiger partial charge on any atom is 0.262 e. The van der Waals surface area contributed by atoms with E-state index in [0.717, 1.165) is 23.1 Å². The van der Waals surface area contributed by atoms with Gasteiger partial charge in [-0.05, 0) is 53.5 Å².